The van der Waals surface area contributed by atoms with Gasteiger partial charge in [0.15, 0.2) is 0 Å². The summed E-state index contributed by atoms with van der Waals surface area (Å²) in [6.07, 6.45) is 12.4. The summed E-state index contributed by atoms with van der Waals surface area (Å²) in [4.78, 5) is 0. The molecule has 0 aromatic rings. The largest absolute Gasteiger partial charge is 0.378 e. The maximum atomic E-state index is 5.91. The van der Waals surface area contributed by atoms with Crippen molar-refractivity contribution in [1.29, 1.82) is 0 Å². The van der Waals surface area contributed by atoms with E-state index in [1.165, 1.54) is 57.8 Å². The molecule has 1 aliphatic heterocycles. The van der Waals surface area contributed by atoms with E-state index in [1.807, 2.05) is 0 Å². The average molecular weight is 211 g/mol. The van der Waals surface area contributed by atoms with Crippen LogP contribution in [0.5, 0.6) is 0 Å². The summed E-state index contributed by atoms with van der Waals surface area (Å²) in [5, 5.41) is 0. The Bertz CT molecular complexity index is 169. The minimum Gasteiger partial charge on any atom is -0.378 e. The predicted molar refractivity (Wildman–Crippen MR) is 62.8 cm³/mol. The van der Waals surface area contributed by atoms with E-state index in [0.717, 1.165) is 12.5 Å². The molecule has 2 fully saturated rings. The van der Waals surface area contributed by atoms with Crippen LogP contribution in [0.15, 0.2) is 0 Å². The van der Waals surface area contributed by atoms with Crippen LogP contribution in [0, 0.1) is 5.92 Å². The van der Waals surface area contributed by atoms with Gasteiger partial charge in [-0.3, -0.25) is 0 Å². The van der Waals surface area contributed by atoms with Gasteiger partial charge in [0, 0.05) is 12.6 Å². The van der Waals surface area contributed by atoms with E-state index in [-0.39, 0.29) is 0 Å². The van der Waals surface area contributed by atoms with Crippen LogP contribution in [0.4, 0.5) is 0 Å². The third-order valence-electron chi connectivity index (χ3n) is 4.06. The van der Waals surface area contributed by atoms with Crippen molar-refractivity contribution in [2.45, 2.75) is 69.9 Å². The molecule has 0 aromatic carbocycles. The molecule has 1 saturated carbocycles. The van der Waals surface area contributed by atoms with E-state index in [0.29, 0.717) is 12.1 Å². The van der Waals surface area contributed by atoms with Crippen molar-refractivity contribution in [2.75, 3.05) is 6.61 Å². The fraction of sp³-hybridized carbons (Fsp3) is 1.00. The van der Waals surface area contributed by atoms with Gasteiger partial charge in [-0.25, -0.2) is 0 Å². The van der Waals surface area contributed by atoms with Gasteiger partial charge in [-0.2, -0.15) is 0 Å². The van der Waals surface area contributed by atoms with E-state index in [2.05, 4.69) is 0 Å². The fourth-order valence-electron chi connectivity index (χ4n) is 2.93. The molecule has 1 heterocycles. The topological polar surface area (TPSA) is 35.2 Å². The van der Waals surface area contributed by atoms with E-state index < -0.39 is 0 Å². The van der Waals surface area contributed by atoms with Gasteiger partial charge in [-0.05, 0) is 63.7 Å². The van der Waals surface area contributed by atoms with Crippen LogP contribution in [-0.2, 0) is 4.74 Å². The summed E-state index contributed by atoms with van der Waals surface area (Å²) in [6, 6.07) is 0.493. The minimum absolute atomic E-state index is 0.493. The molecular formula is C13H25NO. The Morgan fingerprint density at radius 1 is 0.933 bits per heavy atom. The summed E-state index contributed by atoms with van der Waals surface area (Å²) in [7, 11) is 0. The van der Waals surface area contributed by atoms with E-state index in [1.54, 1.807) is 0 Å². The van der Waals surface area contributed by atoms with Crippen LogP contribution in [-0.4, -0.2) is 18.8 Å². The number of hydrogen-bond acceptors (Lipinski definition) is 2. The van der Waals surface area contributed by atoms with Crippen LogP contribution in [0.25, 0.3) is 0 Å². The zero-order valence-corrected chi connectivity index (χ0v) is 9.79. The Balaban J connectivity index is 1.60. The summed E-state index contributed by atoms with van der Waals surface area (Å²) in [6.45, 7) is 1.00. The lowest BCUT2D eigenvalue weighted by Gasteiger charge is -2.28. The van der Waals surface area contributed by atoms with Gasteiger partial charge in [0.05, 0.1) is 6.10 Å². The van der Waals surface area contributed by atoms with E-state index in [4.69, 9.17) is 10.5 Å². The molecule has 0 amide bonds. The van der Waals surface area contributed by atoms with Gasteiger partial charge in [0.1, 0.15) is 0 Å². The van der Waals surface area contributed by atoms with E-state index >= 15 is 0 Å². The molecule has 0 spiro atoms. The van der Waals surface area contributed by atoms with Crippen LogP contribution >= 0.6 is 0 Å². The first-order valence-electron chi connectivity index (χ1n) is 6.72. The first kappa shape index (κ1) is 11.4. The first-order valence-corrected chi connectivity index (χ1v) is 6.72. The molecule has 0 unspecified atom stereocenters. The number of hydrogen-bond donors (Lipinski definition) is 1. The van der Waals surface area contributed by atoms with Crippen molar-refractivity contribution in [3.8, 4) is 0 Å². The maximum absolute atomic E-state index is 5.91. The van der Waals surface area contributed by atoms with Gasteiger partial charge in [0.25, 0.3) is 0 Å². The smallest absolute Gasteiger partial charge is 0.0575 e. The van der Waals surface area contributed by atoms with Gasteiger partial charge < -0.3 is 10.5 Å². The molecule has 0 bridgehead atoms. The second kappa shape index (κ2) is 5.86. The Hall–Kier alpha value is -0.0800. The number of ether oxygens (including phenoxy) is 1. The molecule has 2 N–H and O–H groups in total. The van der Waals surface area contributed by atoms with E-state index in [9.17, 15) is 0 Å². The van der Waals surface area contributed by atoms with Crippen molar-refractivity contribution in [3.05, 3.63) is 0 Å². The van der Waals surface area contributed by atoms with Gasteiger partial charge in [0.2, 0.25) is 0 Å². The highest BCUT2D eigenvalue weighted by atomic mass is 16.5. The van der Waals surface area contributed by atoms with Gasteiger partial charge >= 0.3 is 0 Å². The molecule has 88 valence electrons. The highest BCUT2D eigenvalue weighted by Crippen LogP contribution is 2.29. The molecule has 2 heteroatoms. The van der Waals surface area contributed by atoms with Crippen LogP contribution in [0.3, 0.4) is 0 Å². The molecule has 2 aliphatic rings. The third kappa shape index (κ3) is 3.76. The standard InChI is InChI=1S/C13H25NO/c14-12-7-4-11(5-8-12)6-9-13-3-1-2-10-15-13/h11-13H,1-10,14H2/t11?,12?,13-/m1/s1. The number of rotatable bonds is 3. The predicted octanol–water partition coefficient (Wildman–Crippen LogP) is 2.85. The normalized spacial score (nSPS) is 37.8. The molecule has 1 atom stereocenters. The lowest BCUT2D eigenvalue weighted by Crippen LogP contribution is -2.27. The van der Waals surface area contributed by atoms with Crippen LogP contribution < -0.4 is 5.73 Å². The maximum Gasteiger partial charge on any atom is 0.0575 e. The highest BCUT2D eigenvalue weighted by molar-refractivity contribution is 4.75. The molecule has 15 heavy (non-hydrogen) atoms. The van der Waals surface area contributed by atoms with Crippen molar-refractivity contribution in [1.82, 2.24) is 0 Å². The summed E-state index contributed by atoms with van der Waals surface area (Å²) in [5.41, 5.74) is 5.91. The average Bonchev–Trinajstić information content (AvgIpc) is 2.30. The Labute approximate surface area is 93.6 Å². The van der Waals surface area contributed by atoms with Crippen LogP contribution in [0.2, 0.25) is 0 Å². The lowest BCUT2D eigenvalue weighted by molar-refractivity contribution is 0.00659. The zero-order chi connectivity index (χ0) is 10.5. The van der Waals surface area contributed by atoms with Crippen molar-refractivity contribution >= 4 is 0 Å². The third-order valence-corrected chi connectivity index (χ3v) is 4.06. The molecular weight excluding hydrogens is 186 g/mol. The van der Waals surface area contributed by atoms with Crippen molar-refractivity contribution in [2.24, 2.45) is 11.7 Å². The SMILES string of the molecule is NC1CCC(CC[C@H]2CCCCO2)CC1. The zero-order valence-electron chi connectivity index (χ0n) is 9.79. The fourth-order valence-corrected chi connectivity index (χ4v) is 2.93. The highest BCUT2D eigenvalue weighted by Gasteiger charge is 2.20. The molecule has 2 rings (SSSR count). The lowest BCUT2D eigenvalue weighted by atomic mass is 9.83. The Morgan fingerprint density at radius 3 is 2.40 bits per heavy atom. The first-order chi connectivity index (χ1) is 7.34. The minimum atomic E-state index is 0.493. The van der Waals surface area contributed by atoms with Gasteiger partial charge in [-0.1, -0.05) is 0 Å². The molecule has 1 saturated heterocycles. The molecule has 1 aliphatic carbocycles. The van der Waals surface area contributed by atoms with Crippen molar-refractivity contribution in [3.63, 3.8) is 0 Å². The second-order valence-electron chi connectivity index (χ2n) is 5.35. The molecule has 0 aromatic heterocycles. The van der Waals surface area contributed by atoms with Gasteiger partial charge in [-0.15, -0.1) is 0 Å². The second-order valence-corrected chi connectivity index (χ2v) is 5.35. The summed E-state index contributed by atoms with van der Waals surface area (Å²) >= 11 is 0. The number of nitrogens with two attached hydrogens (primary N) is 1. The molecule has 0 radical (unpaired) electrons. The summed E-state index contributed by atoms with van der Waals surface area (Å²) in [5.74, 6) is 0.940. The quantitative estimate of drug-likeness (QED) is 0.779. The monoisotopic (exact) mass is 211 g/mol. The van der Waals surface area contributed by atoms with Crippen molar-refractivity contribution < 1.29 is 4.74 Å². The molecule has 2 nitrogen and oxygen atoms in total. The Kier molecular flexibility index (Phi) is 4.45. The Morgan fingerprint density at radius 2 is 1.73 bits per heavy atom. The summed E-state index contributed by atoms with van der Waals surface area (Å²) < 4.78 is 5.77. The van der Waals surface area contributed by atoms with Crippen LogP contribution in [0.1, 0.15) is 57.8 Å².